The zero-order valence-electron chi connectivity index (χ0n) is 17.5. The minimum absolute atomic E-state index is 0.0676. The molecule has 0 unspecified atom stereocenters. The molecule has 2 aliphatic rings. The Hall–Kier alpha value is -4.15. The number of carbonyl (C=O) groups is 3. The number of amides is 3. The number of carbonyl (C=O) groups excluding carboxylic acids is 3. The molecule has 2 fully saturated rings. The van der Waals surface area contributed by atoms with Crippen LogP contribution >= 0.6 is 0 Å². The van der Waals surface area contributed by atoms with Crippen LogP contribution in [0.2, 0.25) is 0 Å². The number of imide groups is 1. The first kappa shape index (κ1) is 22.1. The number of rotatable bonds is 6. The molecule has 3 amide bonds. The summed E-state index contributed by atoms with van der Waals surface area (Å²) in [6.45, 7) is -0.176. The topological polar surface area (TPSA) is 144 Å². The molecule has 11 heteroatoms. The molecular weight excluding hydrogens is 432 g/mol. The zero-order valence-corrected chi connectivity index (χ0v) is 17.5. The fourth-order valence-electron chi connectivity index (χ4n) is 4.39. The molecule has 1 aliphatic carbocycles. The maximum absolute atomic E-state index is 13.4. The van der Waals surface area contributed by atoms with Crippen LogP contribution in [-0.2, 0) is 16.1 Å². The van der Waals surface area contributed by atoms with Gasteiger partial charge in [-0.05, 0) is 30.5 Å². The van der Waals surface area contributed by atoms with E-state index in [-0.39, 0.29) is 23.5 Å². The van der Waals surface area contributed by atoms with Crippen LogP contribution in [0.15, 0.2) is 48.5 Å². The summed E-state index contributed by atoms with van der Waals surface area (Å²) >= 11 is 0. The van der Waals surface area contributed by atoms with Gasteiger partial charge in [0.2, 0.25) is 0 Å². The van der Waals surface area contributed by atoms with Crippen molar-refractivity contribution in [2.24, 2.45) is 11.8 Å². The lowest BCUT2D eigenvalue weighted by molar-refractivity contribution is -0.385. The second kappa shape index (κ2) is 8.77. The Bertz CT molecular complexity index is 1110. The van der Waals surface area contributed by atoms with E-state index in [1.165, 1.54) is 48.5 Å². The Morgan fingerprint density at radius 2 is 1.30 bits per heavy atom. The molecule has 1 aliphatic heterocycles. The number of hydrazine groups is 1. The van der Waals surface area contributed by atoms with Crippen LogP contribution in [0, 0.1) is 32.1 Å². The van der Waals surface area contributed by atoms with Gasteiger partial charge in [-0.3, -0.25) is 34.6 Å². The molecule has 2 aromatic rings. The molecule has 0 radical (unpaired) electrons. The molecule has 33 heavy (non-hydrogen) atoms. The molecule has 0 N–H and O–H groups in total. The van der Waals surface area contributed by atoms with Gasteiger partial charge in [0.05, 0.1) is 28.2 Å². The SMILES string of the molecule is O=C(c1ccc([N+](=O)[O-])cc1)N(Cc1ccc([N+](=O)[O-])cc1)N1C(=O)[C@@H]2CCCC[C@H]2C1=O. The van der Waals surface area contributed by atoms with Gasteiger partial charge in [-0.15, -0.1) is 0 Å². The van der Waals surface area contributed by atoms with E-state index < -0.39 is 39.4 Å². The number of hydrogen-bond acceptors (Lipinski definition) is 7. The molecule has 1 saturated carbocycles. The summed E-state index contributed by atoms with van der Waals surface area (Å²) < 4.78 is 0. The molecular formula is C22H20N4O7. The van der Waals surface area contributed by atoms with Gasteiger partial charge < -0.3 is 0 Å². The van der Waals surface area contributed by atoms with Gasteiger partial charge in [-0.2, -0.15) is 5.01 Å². The van der Waals surface area contributed by atoms with Gasteiger partial charge in [0, 0.05) is 29.8 Å². The summed E-state index contributed by atoms with van der Waals surface area (Å²) in [7, 11) is 0. The summed E-state index contributed by atoms with van der Waals surface area (Å²) in [6.07, 6.45) is 2.80. The molecule has 0 aromatic heterocycles. The van der Waals surface area contributed by atoms with E-state index in [0.29, 0.717) is 18.4 Å². The van der Waals surface area contributed by atoms with Crippen molar-refractivity contribution < 1.29 is 24.2 Å². The van der Waals surface area contributed by atoms with Crippen molar-refractivity contribution in [3.05, 3.63) is 79.9 Å². The van der Waals surface area contributed by atoms with E-state index in [0.717, 1.165) is 22.9 Å². The first-order valence-electron chi connectivity index (χ1n) is 10.5. The standard InChI is InChI=1S/C22H20N4O7/c27-20(15-7-11-17(12-8-15)26(32)33)23(13-14-5-9-16(10-6-14)25(30)31)24-21(28)18-3-1-2-4-19(18)22(24)29/h5-12,18-19H,1-4,13H2/t18-,19-/m1/s1. The van der Waals surface area contributed by atoms with Crippen molar-refractivity contribution in [3.8, 4) is 0 Å². The van der Waals surface area contributed by atoms with E-state index in [4.69, 9.17) is 0 Å². The second-order valence-corrected chi connectivity index (χ2v) is 8.08. The van der Waals surface area contributed by atoms with E-state index in [9.17, 15) is 34.6 Å². The molecule has 0 bridgehead atoms. The lowest BCUT2D eigenvalue weighted by Crippen LogP contribution is -2.49. The molecule has 1 heterocycles. The number of nitro groups is 2. The minimum Gasteiger partial charge on any atom is -0.272 e. The van der Waals surface area contributed by atoms with Crippen molar-refractivity contribution in [2.45, 2.75) is 32.2 Å². The maximum Gasteiger partial charge on any atom is 0.273 e. The Morgan fingerprint density at radius 1 is 0.848 bits per heavy atom. The molecule has 2 atom stereocenters. The average Bonchev–Trinajstić information content (AvgIpc) is 3.07. The third-order valence-corrected chi connectivity index (χ3v) is 6.10. The molecule has 11 nitrogen and oxygen atoms in total. The van der Waals surface area contributed by atoms with Crippen molar-refractivity contribution in [2.75, 3.05) is 0 Å². The minimum atomic E-state index is -0.677. The molecule has 4 rings (SSSR count). The van der Waals surface area contributed by atoms with Gasteiger partial charge in [-0.1, -0.05) is 25.0 Å². The highest BCUT2D eigenvalue weighted by Gasteiger charge is 2.51. The molecule has 2 aromatic carbocycles. The fourth-order valence-corrected chi connectivity index (χ4v) is 4.39. The van der Waals surface area contributed by atoms with Gasteiger partial charge in [0.1, 0.15) is 0 Å². The predicted molar refractivity (Wildman–Crippen MR) is 113 cm³/mol. The number of benzene rings is 2. The maximum atomic E-state index is 13.4. The van der Waals surface area contributed by atoms with E-state index in [1.54, 1.807) is 0 Å². The van der Waals surface area contributed by atoms with Crippen LogP contribution in [0.3, 0.4) is 0 Å². The number of non-ortho nitro benzene ring substituents is 2. The lowest BCUT2D eigenvalue weighted by Gasteiger charge is -2.30. The number of nitro benzene ring substituents is 2. The van der Waals surface area contributed by atoms with Gasteiger partial charge in [0.15, 0.2) is 0 Å². The molecule has 0 spiro atoms. The van der Waals surface area contributed by atoms with Gasteiger partial charge in [0.25, 0.3) is 29.1 Å². The highest BCUT2D eigenvalue weighted by Crippen LogP contribution is 2.39. The second-order valence-electron chi connectivity index (χ2n) is 8.08. The highest BCUT2D eigenvalue weighted by atomic mass is 16.6. The van der Waals surface area contributed by atoms with Crippen LogP contribution in [0.1, 0.15) is 41.6 Å². The number of hydrogen-bond donors (Lipinski definition) is 0. The van der Waals surface area contributed by atoms with Gasteiger partial charge in [-0.25, -0.2) is 5.01 Å². The smallest absolute Gasteiger partial charge is 0.272 e. The van der Waals surface area contributed by atoms with Crippen LogP contribution < -0.4 is 0 Å². The number of nitrogens with zero attached hydrogens (tertiary/aromatic N) is 4. The Balaban J connectivity index is 1.69. The highest BCUT2D eigenvalue weighted by molar-refractivity contribution is 6.07. The third kappa shape index (κ3) is 4.16. The first-order valence-corrected chi connectivity index (χ1v) is 10.5. The average molecular weight is 452 g/mol. The van der Waals surface area contributed by atoms with Crippen LogP contribution in [0.25, 0.3) is 0 Å². The summed E-state index contributed by atoms with van der Waals surface area (Å²) in [4.78, 5) is 60.4. The van der Waals surface area contributed by atoms with Crippen molar-refractivity contribution >= 4 is 29.1 Å². The summed E-state index contributed by atoms with van der Waals surface area (Å²) in [6, 6.07) is 10.3. The monoisotopic (exact) mass is 452 g/mol. The van der Waals surface area contributed by atoms with Crippen LogP contribution in [0.4, 0.5) is 11.4 Å². The Morgan fingerprint density at radius 3 is 1.76 bits per heavy atom. The molecule has 170 valence electrons. The van der Waals surface area contributed by atoms with Crippen molar-refractivity contribution in [3.63, 3.8) is 0 Å². The first-order chi connectivity index (χ1) is 15.8. The summed E-state index contributed by atoms with van der Waals surface area (Å²) in [5.74, 6) is -2.52. The van der Waals surface area contributed by atoms with Gasteiger partial charge >= 0.3 is 0 Å². The van der Waals surface area contributed by atoms with Crippen molar-refractivity contribution in [1.29, 1.82) is 0 Å². The normalized spacial score (nSPS) is 19.8. The lowest BCUT2D eigenvalue weighted by atomic mass is 9.81. The van der Waals surface area contributed by atoms with Crippen LogP contribution in [-0.4, -0.2) is 37.6 Å². The fraction of sp³-hybridized carbons (Fsp3) is 0.318. The van der Waals surface area contributed by atoms with E-state index in [2.05, 4.69) is 0 Å². The molecule has 1 saturated heterocycles. The van der Waals surface area contributed by atoms with E-state index >= 15 is 0 Å². The quantitative estimate of drug-likeness (QED) is 0.372. The summed E-state index contributed by atoms with van der Waals surface area (Å²) in [5, 5.41) is 23.8. The number of fused-ring (bicyclic) bond motifs is 1. The Labute approximate surface area is 187 Å². The van der Waals surface area contributed by atoms with Crippen molar-refractivity contribution in [1.82, 2.24) is 10.0 Å². The van der Waals surface area contributed by atoms with Crippen LogP contribution in [0.5, 0.6) is 0 Å². The third-order valence-electron chi connectivity index (χ3n) is 6.10. The van der Waals surface area contributed by atoms with E-state index in [1.807, 2.05) is 0 Å². The summed E-state index contributed by atoms with van der Waals surface area (Å²) in [5.41, 5.74) is 0.212. The predicted octanol–water partition coefficient (Wildman–Crippen LogP) is 3.24. The largest absolute Gasteiger partial charge is 0.273 e. The Kier molecular flexibility index (Phi) is 5.86. The zero-order chi connectivity index (χ0) is 23.7.